The number of carbonyl (C=O) groups excluding carboxylic acids is 1. The summed E-state index contributed by atoms with van der Waals surface area (Å²) in [5.74, 6) is 0.692. The van der Waals surface area contributed by atoms with E-state index in [9.17, 15) is 10.1 Å². The van der Waals surface area contributed by atoms with Crippen LogP contribution in [-0.2, 0) is 13.0 Å². The van der Waals surface area contributed by atoms with E-state index in [4.69, 9.17) is 4.74 Å². The van der Waals surface area contributed by atoms with E-state index >= 15 is 0 Å². The summed E-state index contributed by atoms with van der Waals surface area (Å²) in [6.45, 7) is 0.419. The van der Waals surface area contributed by atoms with Gasteiger partial charge in [-0.25, -0.2) is 0 Å². The number of benzene rings is 2. The Morgan fingerprint density at radius 3 is 2.67 bits per heavy atom. The number of hydrogen-bond donors (Lipinski definition) is 0. The van der Waals surface area contributed by atoms with Gasteiger partial charge >= 0.3 is 0 Å². The minimum Gasteiger partial charge on any atom is -0.488 e. The number of carbonyl (C=O) groups is 1. The summed E-state index contributed by atoms with van der Waals surface area (Å²) in [5.41, 5.74) is 3.09. The molecule has 3 rings (SSSR count). The minimum atomic E-state index is 0.127. The maximum Gasteiger partial charge on any atom is 0.163 e. The van der Waals surface area contributed by atoms with Gasteiger partial charge in [0.25, 0.3) is 0 Å². The van der Waals surface area contributed by atoms with Crippen molar-refractivity contribution in [2.24, 2.45) is 0 Å². The normalized spacial score (nSPS) is 13.4. The van der Waals surface area contributed by atoms with Crippen molar-refractivity contribution in [3.05, 3.63) is 64.7 Å². The van der Waals surface area contributed by atoms with Crippen LogP contribution < -0.4 is 4.74 Å². The molecule has 0 radical (unpaired) electrons. The molecule has 0 fully saturated rings. The maximum atomic E-state index is 11.9. The zero-order valence-corrected chi connectivity index (χ0v) is 11.6. The lowest BCUT2D eigenvalue weighted by molar-refractivity contribution is 0.0972. The summed E-state index contributed by atoms with van der Waals surface area (Å²) in [6.07, 6.45) is 2.15. The van der Waals surface area contributed by atoms with Crippen molar-refractivity contribution in [1.82, 2.24) is 0 Å². The van der Waals surface area contributed by atoms with Crippen LogP contribution in [0.15, 0.2) is 42.5 Å². The molecule has 0 aliphatic heterocycles. The first-order valence-corrected chi connectivity index (χ1v) is 7.05. The number of hydrogen-bond acceptors (Lipinski definition) is 3. The van der Waals surface area contributed by atoms with Crippen LogP contribution in [0.4, 0.5) is 0 Å². The highest BCUT2D eigenvalue weighted by atomic mass is 16.5. The third-order valence-corrected chi connectivity index (χ3v) is 3.75. The number of Topliss-reactive ketones (excluding diaryl/α,β-unsaturated/α-hetero) is 1. The van der Waals surface area contributed by atoms with Crippen molar-refractivity contribution in [2.45, 2.75) is 25.9 Å². The number of fused-ring (bicyclic) bond motifs is 1. The van der Waals surface area contributed by atoms with E-state index in [2.05, 4.69) is 6.07 Å². The van der Waals surface area contributed by atoms with E-state index in [0.29, 0.717) is 29.9 Å². The molecular weight excluding hydrogens is 262 g/mol. The standard InChI is InChI=1S/C18H15NO2/c19-11-16-14-7-4-8-17(20)15(14)9-10-18(16)21-12-13-5-2-1-3-6-13/h1-3,5-6,9-10H,4,7-8,12H2. The summed E-state index contributed by atoms with van der Waals surface area (Å²) in [6, 6.07) is 15.6. The van der Waals surface area contributed by atoms with Crippen LogP contribution >= 0.6 is 0 Å². The molecule has 104 valence electrons. The predicted octanol–water partition coefficient (Wildman–Crippen LogP) is 3.66. The molecule has 0 saturated heterocycles. The van der Waals surface area contributed by atoms with E-state index in [-0.39, 0.29) is 5.78 Å². The number of ketones is 1. The minimum absolute atomic E-state index is 0.127. The Morgan fingerprint density at radius 1 is 1.10 bits per heavy atom. The van der Waals surface area contributed by atoms with Gasteiger partial charge in [0.15, 0.2) is 5.78 Å². The summed E-state index contributed by atoms with van der Waals surface area (Å²) in [4.78, 5) is 11.9. The second-order valence-electron chi connectivity index (χ2n) is 5.13. The first-order valence-electron chi connectivity index (χ1n) is 7.05. The highest BCUT2D eigenvalue weighted by molar-refractivity contribution is 5.99. The Morgan fingerprint density at radius 2 is 1.90 bits per heavy atom. The van der Waals surface area contributed by atoms with Gasteiger partial charge in [-0.1, -0.05) is 30.3 Å². The van der Waals surface area contributed by atoms with Crippen LogP contribution in [0.2, 0.25) is 0 Å². The largest absolute Gasteiger partial charge is 0.488 e. The molecule has 0 aromatic heterocycles. The fourth-order valence-electron chi connectivity index (χ4n) is 2.69. The lowest BCUT2D eigenvalue weighted by Gasteiger charge is -2.18. The van der Waals surface area contributed by atoms with Gasteiger partial charge in [0.2, 0.25) is 0 Å². The van der Waals surface area contributed by atoms with E-state index in [0.717, 1.165) is 24.0 Å². The predicted molar refractivity (Wildman–Crippen MR) is 79.2 cm³/mol. The van der Waals surface area contributed by atoms with Crippen LogP contribution in [0, 0.1) is 11.3 Å². The molecule has 0 saturated carbocycles. The zero-order valence-electron chi connectivity index (χ0n) is 11.6. The first-order chi connectivity index (χ1) is 10.3. The lowest BCUT2D eigenvalue weighted by Crippen LogP contribution is -2.13. The third-order valence-electron chi connectivity index (χ3n) is 3.75. The van der Waals surface area contributed by atoms with E-state index in [1.54, 1.807) is 12.1 Å². The smallest absolute Gasteiger partial charge is 0.163 e. The van der Waals surface area contributed by atoms with Gasteiger partial charge in [0.05, 0.1) is 5.56 Å². The summed E-state index contributed by atoms with van der Waals surface area (Å²) >= 11 is 0. The highest BCUT2D eigenvalue weighted by Gasteiger charge is 2.22. The molecule has 0 heterocycles. The van der Waals surface area contributed by atoms with Gasteiger partial charge in [0, 0.05) is 12.0 Å². The monoisotopic (exact) mass is 277 g/mol. The summed E-state index contributed by atoms with van der Waals surface area (Å²) < 4.78 is 5.78. The quantitative estimate of drug-likeness (QED) is 0.860. The van der Waals surface area contributed by atoms with Crippen LogP contribution in [-0.4, -0.2) is 5.78 Å². The third kappa shape index (κ3) is 2.66. The van der Waals surface area contributed by atoms with Crippen molar-refractivity contribution in [1.29, 1.82) is 5.26 Å². The molecule has 21 heavy (non-hydrogen) atoms. The molecule has 1 aliphatic rings. The number of nitrogens with zero attached hydrogens (tertiary/aromatic N) is 1. The van der Waals surface area contributed by atoms with E-state index in [1.807, 2.05) is 30.3 Å². The fraction of sp³-hybridized carbons (Fsp3) is 0.222. The molecule has 0 N–H and O–H groups in total. The van der Waals surface area contributed by atoms with Gasteiger partial charge in [-0.15, -0.1) is 0 Å². The van der Waals surface area contributed by atoms with Crippen molar-refractivity contribution in [3.63, 3.8) is 0 Å². The molecule has 0 spiro atoms. The summed E-state index contributed by atoms with van der Waals surface area (Å²) in [5, 5.41) is 9.42. The summed E-state index contributed by atoms with van der Waals surface area (Å²) in [7, 11) is 0. The average Bonchev–Trinajstić information content (AvgIpc) is 2.53. The average molecular weight is 277 g/mol. The molecule has 3 heteroatoms. The molecule has 0 amide bonds. The lowest BCUT2D eigenvalue weighted by atomic mass is 9.87. The van der Waals surface area contributed by atoms with E-state index < -0.39 is 0 Å². The van der Waals surface area contributed by atoms with Crippen LogP contribution in [0.3, 0.4) is 0 Å². The van der Waals surface area contributed by atoms with Gasteiger partial charge in [-0.2, -0.15) is 5.26 Å². The van der Waals surface area contributed by atoms with Crippen LogP contribution in [0.25, 0.3) is 0 Å². The number of rotatable bonds is 3. The second kappa shape index (κ2) is 5.80. The van der Waals surface area contributed by atoms with E-state index in [1.165, 1.54) is 0 Å². The first kappa shape index (κ1) is 13.4. The van der Waals surface area contributed by atoms with Crippen LogP contribution in [0.5, 0.6) is 5.75 Å². The molecule has 3 nitrogen and oxygen atoms in total. The highest BCUT2D eigenvalue weighted by Crippen LogP contribution is 2.31. The van der Waals surface area contributed by atoms with Gasteiger partial charge < -0.3 is 4.74 Å². The van der Waals surface area contributed by atoms with Gasteiger partial charge in [-0.3, -0.25) is 4.79 Å². The molecular formula is C18H15NO2. The Balaban J connectivity index is 1.89. The number of ether oxygens (including phenoxy) is 1. The zero-order chi connectivity index (χ0) is 14.7. The fourth-order valence-corrected chi connectivity index (χ4v) is 2.69. The van der Waals surface area contributed by atoms with Crippen LogP contribution in [0.1, 0.15) is 39.9 Å². The van der Waals surface area contributed by atoms with Crippen molar-refractivity contribution in [3.8, 4) is 11.8 Å². The molecule has 0 unspecified atom stereocenters. The molecule has 0 bridgehead atoms. The second-order valence-corrected chi connectivity index (χ2v) is 5.13. The topological polar surface area (TPSA) is 50.1 Å². The van der Waals surface area contributed by atoms with Crippen molar-refractivity contribution < 1.29 is 9.53 Å². The van der Waals surface area contributed by atoms with Crippen molar-refractivity contribution >= 4 is 5.78 Å². The molecule has 0 atom stereocenters. The molecule has 1 aliphatic carbocycles. The Kier molecular flexibility index (Phi) is 3.70. The molecule has 2 aromatic rings. The Labute approximate surface area is 123 Å². The van der Waals surface area contributed by atoms with Gasteiger partial charge in [-0.05, 0) is 36.1 Å². The Hall–Kier alpha value is -2.60. The number of nitriles is 1. The Bertz CT molecular complexity index is 714. The van der Waals surface area contributed by atoms with Gasteiger partial charge in [0.1, 0.15) is 18.4 Å². The van der Waals surface area contributed by atoms with Crippen molar-refractivity contribution in [2.75, 3.05) is 0 Å². The molecule has 2 aromatic carbocycles. The maximum absolute atomic E-state index is 11.9. The SMILES string of the molecule is N#Cc1c(OCc2ccccc2)ccc2c1CCCC2=O.